The number of hydrogen-bond acceptors (Lipinski definition) is 4. The Morgan fingerprint density at radius 1 is 1.06 bits per heavy atom. The average Bonchev–Trinajstić information content (AvgIpc) is 3.21. The lowest BCUT2D eigenvalue weighted by Gasteiger charge is -2.35. The van der Waals surface area contributed by atoms with E-state index >= 15 is 0 Å². The fourth-order valence-electron chi connectivity index (χ4n) is 5.14. The first-order valence-electron chi connectivity index (χ1n) is 10.7. The van der Waals surface area contributed by atoms with E-state index in [4.69, 9.17) is 4.74 Å². The molecular formula is C26H27N3O2. The summed E-state index contributed by atoms with van der Waals surface area (Å²) in [6, 6.07) is 26.0. The van der Waals surface area contributed by atoms with Crippen LogP contribution in [0.5, 0.6) is 5.75 Å². The predicted molar refractivity (Wildman–Crippen MR) is 124 cm³/mol. The molecule has 1 fully saturated rings. The van der Waals surface area contributed by atoms with Crippen LogP contribution in [-0.4, -0.2) is 30.8 Å². The van der Waals surface area contributed by atoms with Gasteiger partial charge in [0.2, 0.25) is 0 Å². The van der Waals surface area contributed by atoms with E-state index in [1.54, 1.807) is 0 Å². The van der Waals surface area contributed by atoms with Crippen LogP contribution in [0.25, 0.3) is 0 Å². The molecule has 2 atom stereocenters. The molecule has 1 amide bonds. The highest BCUT2D eigenvalue weighted by atomic mass is 16.6. The van der Waals surface area contributed by atoms with E-state index < -0.39 is 6.09 Å². The minimum absolute atomic E-state index is 0.00581. The maximum atomic E-state index is 12.4. The van der Waals surface area contributed by atoms with Crippen molar-refractivity contribution in [3.63, 3.8) is 0 Å². The Morgan fingerprint density at radius 2 is 1.77 bits per heavy atom. The molecule has 3 aromatic carbocycles. The van der Waals surface area contributed by atoms with Gasteiger partial charge in [0, 0.05) is 29.9 Å². The van der Waals surface area contributed by atoms with Crippen LogP contribution in [-0.2, 0) is 12.0 Å². The number of benzene rings is 3. The Morgan fingerprint density at radius 3 is 2.52 bits per heavy atom. The largest absolute Gasteiger partial charge is 0.417 e. The van der Waals surface area contributed by atoms with Crippen LogP contribution in [0.15, 0.2) is 78.9 Å². The summed E-state index contributed by atoms with van der Waals surface area (Å²) in [7, 11) is 2.20. The van der Waals surface area contributed by atoms with Crippen LogP contribution in [0.2, 0.25) is 0 Å². The van der Waals surface area contributed by atoms with Gasteiger partial charge in [0.25, 0.3) is 0 Å². The van der Waals surface area contributed by atoms with Gasteiger partial charge in [-0.3, -0.25) is 10.2 Å². The molecule has 2 heterocycles. The molecule has 1 unspecified atom stereocenters. The normalized spacial score (nSPS) is 22.1. The van der Waals surface area contributed by atoms with Crippen molar-refractivity contribution in [2.75, 3.05) is 23.8 Å². The quantitative estimate of drug-likeness (QED) is 0.636. The molecule has 158 valence electrons. The van der Waals surface area contributed by atoms with Crippen LogP contribution in [0.4, 0.5) is 16.2 Å². The zero-order chi connectivity index (χ0) is 21.4. The number of carbonyl (C=O) groups excluding carboxylic acids is 1. The maximum Gasteiger partial charge on any atom is 0.417 e. The van der Waals surface area contributed by atoms with Crippen LogP contribution < -0.4 is 15.0 Å². The number of rotatable bonds is 4. The first-order chi connectivity index (χ1) is 15.0. The van der Waals surface area contributed by atoms with Gasteiger partial charge in [0.05, 0.1) is 6.17 Å². The van der Waals surface area contributed by atoms with E-state index in [9.17, 15) is 4.79 Å². The van der Waals surface area contributed by atoms with Crippen molar-refractivity contribution >= 4 is 17.5 Å². The van der Waals surface area contributed by atoms with Crippen LogP contribution in [0, 0.1) is 0 Å². The number of ether oxygens (including phenoxy) is 1. The van der Waals surface area contributed by atoms with Gasteiger partial charge >= 0.3 is 6.09 Å². The van der Waals surface area contributed by atoms with E-state index in [-0.39, 0.29) is 11.6 Å². The Bertz CT molecular complexity index is 1090. The SMILES string of the molecule is CN1CC[C@@]2(C)c3cc(OC(=O)Nc4ccccc4)ccc3N(Cc3ccccc3)C12. The lowest BCUT2D eigenvalue weighted by Crippen LogP contribution is -2.46. The van der Waals surface area contributed by atoms with Gasteiger partial charge in [0.1, 0.15) is 5.75 Å². The highest BCUT2D eigenvalue weighted by molar-refractivity contribution is 5.86. The molecule has 2 aliphatic heterocycles. The molecule has 0 spiro atoms. The molecule has 1 N–H and O–H groups in total. The zero-order valence-corrected chi connectivity index (χ0v) is 17.9. The third kappa shape index (κ3) is 3.55. The Balaban J connectivity index is 1.43. The number of anilines is 2. The molecule has 0 aliphatic carbocycles. The summed E-state index contributed by atoms with van der Waals surface area (Å²) in [5.41, 5.74) is 4.47. The predicted octanol–water partition coefficient (Wildman–Crippen LogP) is 5.24. The molecule has 0 aromatic heterocycles. The van der Waals surface area contributed by atoms with Crippen molar-refractivity contribution in [1.29, 1.82) is 0 Å². The van der Waals surface area contributed by atoms with Crippen LogP contribution in [0.1, 0.15) is 24.5 Å². The molecule has 3 aromatic rings. The number of nitrogens with zero attached hydrogens (tertiary/aromatic N) is 2. The topological polar surface area (TPSA) is 44.8 Å². The summed E-state index contributed by atoms with van der Waals surface area (Å²) < 4.78 is 5.64. The summed E-state index contributed by atoms with van der Waals surface area (Å²) in [5, 5.41) is 2.78. The molecule has 5 nitrogen and oxygen atoms in total. The van der Waals surface area contributed by atoms with Crippen molar-refractivity contribution in [2.45, 2.75) is 31.5 Å². The van der Waals surface area contributed by atoms with E-state index in [0.29, 0.717) is 11.4 Å². The van der Waals surface area contributed by atoms with Crippen molar-refractivity contribution in [3.05, 3.63) is 90.0 Å². The van der Waals surface area contributed by atoms with E-state index in [2.05, 4.69) is 71.6 Å². The number of amides is 1. The minimum atomic E-state index is -0.476. The highest BCUT2D eigenvalue weighted by Crippen LogP contribution is 2.52. The number of fused-ring (bicyclic) bond motifs is 3. The third-order valence-electron chi connectivity index (χ3n) is 6.59. The van der Waals surface area contributed by atoms with Crippen molar-refractivity contribution in [1.82, 2.24) is 4.90 Å². The first kappa shape index (κ1) is 19.6. The van der Waals surface area contributed by atoms with E-state index in [1.165, 1.54) is 16.8 Å². The smallest absolute Gasteiger partial charge is 0.410 e. The lowest BCUT2D eigenvalue weighted by atomic mass is 9.81. The molecule has 2 aliphatic rings. The van der Waals surface area contributed by atoms with Crippen LogP contribution >= 0.6 is 0 Å². The zero-order valence-electron chi connectivity index (χ0n) is 17.9. The van der Waals surface area contributed by atoms with Gasteiger partial charge in [0.15, 0.2) is 0 Å². The highest BCUT2D eigenvalue weighted by Gasteiger charge is 2.53. The molecule has 5 rings (SSSR count). The first-order valence-corrected chi connectivity index (χ1v) is 10.7. The molecule has 0 radical (unpaired) electrons. The number of carbonyl (C=O) groups is 1. The Hall–Kier alpha value is -3.31. The number of nitrogens with one attached hydrogen (secondary N) is 1. The Kier molecular flexibility index (Phi) is 4.91. The Labute approximate surface area is 183 Å². The molecular weight excluding hydrogens is 386 g/mol. The summed E-state index contributed by atoms with van der Waals surface area (Å²) in [5.74, 6) is 0.572. The number of likely N-dealkylation sites (tertiary alicyclic amines) is 1. The monoisotopic (exact) mass is 413 g/mol. The summed E-state index contributed by atoms with van der Waals surface area (Å²) >= 11 is 0. The third-order valence-corrected chi connectivity index (χ3v) is 6.59. The molecule has 0 saturated carbocycles. The standard InChI is InChI=1S/C26H27N3O2/c1-26-15-16-28(2)24(26)29(18-19-9-5-3-6-10-19)23-14-13-21(17-22(23)26)31-25(30)27-20-11-7-4-8-12-20/h3-14,17,24H,15-16,18H2,1-2H3,(H,27,30)/t24?,26-/m0/s1. The molecule has 0 bridgehead atoms. The molecule has 31 heavy (non-hydrogen) atoms. The second-order valence-electron chi connectivity index (χ2n) is 8.69. The van der Waals surface area contributed by atoms with Gasteiger partial charge in [-0.1, -0.05) is 55.5 Å². The maximum absolute atomic E-state index is 12.4. The molecule has 1 saturated heterocycles. The van der Waals surface area contributed by atoms with Gasteiger partial charge in [-0.15, -0.1) is 0 Å². The fourth-order valence-corrected chi connectivity index (χ4v) is 5.14. The van der Waals surface area contributed by atoms with Crippen LogP contribution in [0.3, 0.4) is 0 Å². The van der Waals surface area contributed by atoms with Crippen molar-refractivity contribution in [2.24, 2.45) is 0 Å². The second-order valence-corrected chi connectivity index (χ2v) is 8.69. The van der Waals surface area contributed by atoms with Crippen molar-refractivity contribution in [3.8, 4) is 5.75 Å². The summed E-state index contributed by atoms with van der Waals surface area (Å²) in [4.78, 5) is 17.3. The van der Waals surface area contributed by atoms with Gasteiger partial charge in [-0.25, -0.2) is 4.79 Å². The lowest BCUT2D eigenvalue weighted by molar-refractivity contribution is 0.215. The number of likely N-dealkylation sites (N-methyl/N-ethyl adjacent to an activating group) is 1. The van der Waals surface area contributed by atoms with Gasteiger partial charge in [-0.05, 0) is 54.9 Å². The number of hydrogen-bond donors (Lipinski definition) is 1. The average molecular weight is 414 g/mol. The number of para-hydroxylation sites is 1. The van der Waals surface area contributed by atoms with Gasteiger partial charge in [-0.2, -0.15) is 0 Å². The summed E-state index contributed by atoms with van der Waals surface area (Å²) in [6.07, 6.45) is 0.887. The fraction of sp³-hybridized carbons (Fsp3) is 0.269. The van der Waals surface area contributed by atoms with Crippen molar-refractivity contribution < 1.29 is 9.53 Å². The van der Waals surface area contributed by atoms with Gasteiger partial charge < -0.3 is 9.64 Å². The van der Waals surface area contributed by atoms with E-state index in [0.717, 1.165) is 19.5 Å². The minimum Gasteiger partial charge on any atom is -0.410 e. The summed E-state index contributed by atoms with van der Waals surface area (Å²) in [6.45, 7) is 4.23. The van der Waals surface area contributed by atoms with E-state index in [1.807, 2.05) is 36.4 Å². The molecule has 5 heteroatoms. The second kappa shape index (κ2) is 7.75.